The van der Waals surface area contributed by atoms with Crippen LogP contribution in [0.1, 0.15) is 29.4 Å². The second-order valence-electron chi connectivity index (χ2n) is 7.20. The largest absolute Gasteiger partial charge is 0.497 e. The zero-order chi connectivity index (χ0) is 21.1. The molecule has 1 fully saturated rings. The maximum atomic E-state index is 12.5. The molecule has 3 aromatic rings. The van der Waals surface area contributed by atoms with Gasteiger partial charge in [-0.25, -0.2) is 0 Å². The van der Waals surface area contributed by atoms with E-state index >= 15 is 0 Å². The number of carbonyl (C=O) groups is 2. The van der Waals surface area contributed by atoms with Gasteiger partial charge in [-0.2, -0.15) is 0 Å². The summed E-state index contributed by atoms with van der Waals surface area (Å²) in [5.41, 5.74) is 2.77. The average molecular weight is 406 g/mol. The van der Waals surface area contributed by atoms with Gasteiger partial charge in [0.1, 0.15) is 5.75 Å². The van der Waals surface area contributed by atoms with E-state index in [0.717, 1.165) is 22.6 Å². The highest BCUT2D eigenvalue weighted by Gasteiger charge is 2.35. The van der Waals surface area contributed by atoms with Gasteiger partial charge in [-0.3, -0.25) is 14.9 Å². The van der Waals surface area contributed by atoms with Gasteiger partial charge >= 0.3 is 6.01 Å². The van der Waals surface area contributed by atoms with E-state index in [-0.39, 0.29) is 36.6 Å². The summed E-state index contributed by atoms with van der Waals surface area (Å²) in [5.74, 6) is 0.583. The summed E-state index contributed by atoms with van der Waals surface area (Å²) < 4.78 is 10.8. The predicted octanol–water partition coefficient (Wildman–Crippen LogP) is 3.09. The van der Waals surface area contributed by atoms with E-state index in [9.17, 15) is 9.59 Å². The second kappa shape index (κ2) is 8.36. The van der Waals surface area contributed by atoms with Gasteiger partial charge in [-0.05, 0) is 42.3 Å². The van der Waals surface area contributed by atoms with Gasteiger partial charge in [0.05, 0.1) is 19.4 Å². The molecule has 1 aliphatic heterocycles. The number of hydrogen-bond acceptors (Lipinski definition) is 6. The minimum Gasteiger partial charge on any atom is -0.497 e. The molecule has 1 atom stereocenters. The van der Waals surface area contributed by atoms with Crippen molar-refractivity contribution in [3.8, 4) is 5.75 Å². The van der Waals surface area contributed by atoms with Crippen LogP contribution in [-0.4, -0.2) is 35.7 Å². The molecule has 0 aliphatic carbocycles. The lowest BCUT2D eigenvalue weighted by atomic mass is 10.1. The molecule has 8 nitrogen and oxygen atoms in total. The molecule has 2 heterocycles. The Morgan fingerprint density at radius 3 is 2.70 bits per heavy atom. The van der Waals surface area contributed by atoms with Crippen LogP contribution in [0, 0.1) is 6.92 Å². The van der Waals surface area contributed by atoms with E-state index in [1.54, 1.807) is 12.0 Å². The normalized spacial score (nSPS) is 16.0. The van der Waals surface area contributed by atoms with Crippen LogP contribution in [0.5, 0.6) is 5.75 Å². The first-order valence-corrected chi connectivity index (χ1v) is 9.65. The average Bonchev–Trinajstić information content (AvgIpc) is 3.36. The number of rotatable bonds is 6. The number of anilines is 2. The predicted molar refractivity (Wildman–Crippen MR) is 111 cm³/mol. The van der Waals surface area contributed by atoms with Crippen molar-refractivity contribution in [1.82, 2.24) is 10.2 Å². The molecule has 1 aromatic heterocycles. The minimum absolute atomic E-state index is 0.0199. The van der Waals surface area contributed by atoms with E-state index in [1.165, 1.54) is 0 Å². The Balaban J connectivity index is 1.39. The van der Waals surface area contributed by atoms with Crippen LogP contribution >= 0.6 is 0 Å². The monoisotopic (exact) mass is 406 g/mol. The molecule has 1 saturated heterocycles. The Morgan fingerprint density at radius 1 is 1.20 bits per heavy atom. The molecule has 0 saturated carbocycles. The van der Waals surface area contributed by atoms with Crippen LogP contribution in [0.4, 0.5) is 11.7 Å². The van der Waals surface area contributed by atoms with Crippen molar-refractivity contribution < 1.29 is 18.7 Å². The van der Waals surface area contributed by atoms with Gasteiger partial charge in [0.15, 0.2) is 0 Å². The highest BCUT2D eigenvalue weighted by molar-refractivity contribution is 5.96. The van der Waals surface area contributed by atoms with Crippen molar-refractivity contribution in [3.05, 3.63) is 65.5 Å². The lowest BCUT2D eigenvalue weighted by molar-refractivity contribution is -0.117. The Morgan fingerprint density at radius 2 is 1.97 bits per heavy atom. The summed E-state index contributed by atoms with van der Waals surface area (Å²) in [6.45, 7) is 2.39. The lowest BCUT2D eigenvalue weighted by Gasteiger charge is -2.16. The number of methoxy groups -OCH3 is 1. The van der Waals surface area contributed by atoms with E-state index in [4.69, 9.17) is 9.15 Å². The van der Waals surface area contributed by atoms with Crippen molar-refractivity contribution in [2.45, 2.75) is 25.7 Å². The number of hydrogen-bond donors (Lipinski definition) is 1. The van der Waals surface area contributed by atoms with Crippen molar-refractivity contribution in [2.75, 3.05) is 23.9 Å². The van der Waals surface area contributed by atoms with Crippen molar-refractivity contribution in [1.29, 1.82) is 0 Å². The van der Waals surface area contributed by atoms with Crippen molar-refractivity contribution >= 4 is 23.5 Å². The van der Waals surface area contributed by atoms with Crippen LogP contribution < -0.4 is 15.0 Å². The van der Waals surface area contributed by atoms with E-state index in [0.29, 0.717) is 12.4 Å². The first kappa shape index (κ1) is 19.6. The van der Waals surface area contributed by atoms with E-state index < -0.39 is 0 Å². The molecule has 30 heavy (non-hydrogen) atoms. The number of nitrogens with zero attached hydrogens (tertiary/aromatic N) is 3. The van der Waals surface area contributed by atoms with Gasteiger partial charge in [0.2, 0.25) is 17.7 Å². The Kier molecular flexibility index (Phi) is 5.47. The van der Waals surface area contributed by atoms with Gasteiger partial charge in [0, 0.05) is 18.7 Å². The molecule has 1 aliphatic rings. The fraction of sp³-hybridized carbons (Fsp3) is 0.273. The molecule has 4 rings (SSSR count). The van der Waals surface area contributed by atoms with Crippen LogP contribution in [0.3, 0.4) is 0 Å². The number of carbonyl (C=O) groups excluding carboxylic acids is 2. The fourth-order valence-corrected chi connectivity index (χ4v) is 3.48. The first-order valence-electron chi connectivity index (χ1n) is 9.65. The van der Waals surface area contributed by atoms with Crippen LogP contribution in [0.2, 0.25) is 0 Å². The van der Waals surface area contributed by atoms with Gasteiger partial charge in [-0.1, -0.05) is 29.4 Å². The zero-order valence-electron chi connectivity index (χ0n) is 16.8. The van der Waals surface area contributed by atoms with Crippen LogP contribution in [0.25, 0.3) is 0 Å². The summed E-state index contributed by atoms with van der Waals surface area (Å²) in [6, 6.07) is 15.0. The molecule has 0 spiro atoms. The lowest BCUT2D eigenvalue weighted by Crippen LogP contribution is -2.24. The molecular formula is C22H22N4O4. The Labute approximate surface area is 173 Å². The summed E-state index contributed by atoms with van der Waals surface area (Å²) in [4.78, 5) is 26.4. The maximum Gasteiger partial charge on any atom is 0.322 e. The quantitative estimate of drug-likeness (QED) is 0.676. The molecule has 8 heteroatoms. The molecule has 0 unspecified atom stereocenters. The van der Waals surface area contributed by atoms with Crippen LogP contribution in [0.15, 0.2) is 52.9 Å². The van der Waals surface area contributed by atoms with Gasteiger partial charge in [-0.15, -0.1) is 5.10 Å². The third-order valence-electron chi connectivity index (χ3n) is 5.16. The molecule has 2 amide bonds. The van der Waals surface area contributed by atoms with Gasteiger partial charge < -0.3 is 14.1 Å². The number of ether oxygens (including phenoxy) is 1. The third-order valence-corrected chi connectivity index (χ3v) is 5.16. The topological polar surface area (TPSA) is 97.6 Å². The standard InChI is InChI=1S/C22H22N4O4/c1-14-5-3-4-6-15(14)11-19(27)23-22-25-24-21(30-22)16-12-20(28)26(13-16)17-7-9-18(29-2)10-8-17/h3-10,16H,11-13H2,1-2H3,(H,23,25,27)/t16-/m0/s1. The highest BCUT2D eigenvalue weighted by atomic mass is 16.5. The summed E-state index contributed by atoms with van der Waals surface area (Å²) in [6.07, 6.45) is 0.488. The third kappa shape index (κ3) is 4.17. The number of benzene rings is 2. The molecule has 0 radical (unpaired) electrons. The number of amides is 2. The number of aromatic nitrogens is 2. The fourth-order valence-electron chi connectivity index (χ4n) is 3.48. The van der Waals surface area contributed by atoms with E-state index in [2.05, 4.69) is 15.5 Å². The second-order valence-corrected chi connectivity index (χ2v) is 7.20. The van der Waals surface area contributed by atoms with Gasteiger partial charge in [0.25, 0.3) is 0 Å². The number of aryl methyl sites for hydroxylation is 1. The minimum atomic E-state index is -0.234. The molecule has 154 valence electrons. The van der Waals surface area contributed by atoms with Crippen molar-refractivity contribution in [3.63, 3.8) is 0 Å². The summed E-state index contributed by atoms with van der Waals surface area (Å²) >= 11 is 0. The molecule has 0 bridgehead atoms. The molecule has 1 N–H and O–H groups in total. The maximum absolute atomic E-state index is 12.5. The first-order chi connectivity index (χ1) is 14.5. The smallest absolute Gasteiger partial charge is 0.322 e. The Bertz CT molecular complexity index is 1060. The highest BCUT2D eigenvalue weighted by Crippen LogP contribution is 2.32. The zero-order valence-corrected chi connectivity index (χ0v) is 16.8. The number of nitrogens with one attached hydrogen (secondary N) is 1. The SMILES string of the molecule is COc1ccc(N2C[C@@H](c3nnc(NC(=O)Cc4ccccc4C)o3)CC2=O)cc1. The van der Waals surface area contributed by atoms with Crippen molar-refractivity contribution in [2.24, 2.45) is 0 Å². The Hall–Kier alpha value is -3.68. The van der Waals surface area contributed by atoms with Crippen LogP contribution in [-0.2, 0) is 16.0 Å². The summed E-state index contributed by atoms with van der Waals surface area (Å²) in [7, 11) is 1.60. The molecule has 2 aromatic carbocycles. The van der Waals surface area contributed by atoms with E-state index in [1.807, 2.05) is 55.5 Å². The molecular weight excluding hydrogens is 384 g/mol. The summed E-state index contributed by atoms with van der Waals surface area (Å²) in [5, 5.41) is 10.6.